The maximum absolute atomic E-state index is 14.5. The van der Waals surface area contributed by atoms with E-state index in [2.05, 4.69) is 15.1 Å². The minimum atomic E-state index is -4.16. The van der Waals surface area contributed by atoms with Crippen LogP contribution in [0.2, 0.25) is 10.0 Å². The zero-order chi connectivity index (χ0) is 22.3. The molecule has 0 aliphatic rings. The van der Waals surface area contributed by atoms with E-state index in [1.165, 1.54) is 34.8 Å². The first-order valence-corrected chi connectivity index (χ1v) is 11.3. The van der Waals surface area contributed by atoms with Crippen LogP contribution in [0.5, 0.6) is 0 Å². The van der Waals surface area contributed by atoms with Crippen LogP contribution in [-0.2, 0) is 16.6 Å². The molecule has 2 aromatic heterocycles. The number of hydrogen-bond donors (Lipinski definition) is 0. The molecule has 31 heavy (non-hydrogen) atoms. The van der Waals surface area contributed by atoms with E-state index in [1.807, 2.05) is 0 Å². The summed E-state index contributed by atoms with van der Waals surface area (Å²) in [6, 6.07) is 11.9. The van der Waals surface area contributed by atoms with Gasteiger partial charge in [-0.1, -0.05) is 47.5 Å². The van der Waals surface area contributed by atoms with Crippen molar-refractivity contribution in [3.8, 4) is 0 Å². The van der Waals surface area contributed by atoms with E-state index in [1.54, 1.807) is 32.0 Å². The lowest BCUT2D eigenvalue weighted by Crippen LogP contribution is -2.32. The van der Waals surface area contributed by atoms with Gasteiger partial charge in [0.1, 0.15) is 5.82 Å². The molecule has 7 nitrogen and oxygen atoms in total. The maximum Gasteiger partial charge on any atom is 0.267 e. The predicted molar refractivity (Wildman–Crippen MR) is 116 cm³/mol. The molecule has 0 atom stereocenters. The van der Waals surface area contributed by atoms with Gasteiger partial charge in [0.2, 0.25) is 0 Å². The van der Waals surface area contributed by atoms with Gasteiger partial charge in [-0.05, 0) is 38.1 Å². The van der Waals surface area contributed by atoms with Crippen LogP contribution in [0, 0.1) is 19.7 Å². The summed E-state index contributed by atoms with van der Waals surface area (Å²) in [5.74, 6) is -0.652. The van der Waals surface area contributed by atoms with Crippen LogP contribution in [0.3, 0.4) is 0 Å². The number of hydrogen-bond acceptors (Lipinski definition) is 5. The van der Waals surface area contributed by atoms with Crippen LogP contribution >= 0.6 is 23.2 Å². The molecule has 11 heteroatoms. The predicted octanol–water partition coefficient (Wildman–Crippen LogP) is 4.58. The van der Waals surface area contributed by atoms with E-state index in [0.29, 0.717) is 16.4 Å². The third-order valence-corrected chi connectivity index (χ3v) is 7.36. The normalized spacial score (nSPS) is 11.8. The second-order valence-corrected chi connectivity index (χ2v) is 9.39. The van der Waals surface area contributed by atoms with Gasteiger partial charge in [-0.2, -0.15) is 9.50 Å². The molecule has 0 fully saturated rings. The van der Waals surface area contributed by atoms with Crippen LogP contribution in [0.4, 0.5) is 10.3 Å². The number of aromatic nitrogens is 4. The number of nitrogens with zero attached hydrogens (tertiary/aromatic N) is 5. The molecule has 160 valence electrons. The zero-order valence-corrected chi connectivity index (χ0v) is 18.7. The fraction of sp³-hybridized carbons (Fsp3) is 0.150. The third kappa shape index (κ3) is 3.84. The van der Waals surface area contributed by atoms with Crippen molar-refractivity contribution in [1.29, 1.82) is 0 Å². The first kappa shape index (κ1) is 21.5. The Morgan fingerprint density at radius 3 is 2.42 bits per heavy atom. The molecule has 0 bridgehead atoms. The quantitative estimate of drug-likeness (QED) is 0.418. The number of fused-ring (bicyclic) bond motifs is 1. The van der Waals surface area contributed by atoms with Crippen molar-refractivity contribution >= 4 is 45.0 Å². The molecule has 0 amide bonds. The van der Waals surface area contributed by atoms with Crippen LogP contribution < -0.4 is 4.31 Å². The lowest BCUT2D eigenvalue weighted by Gasteiger charge is -2.21. The van der Waals surface area contributed by atoms with Gasteiger partial charge < -0.3 is 0 Å². The standard InChI is InChI=1S/C20H16Cl2FN5O2S/c1-12-18(22)13(2)28-19(24-12)25-20(26-28)27(11-15-16(21)9-6-10-17(15)23)31(29,30)14-7-4-3-5-8-14/h3-10H,11H2,1-2H3. The van der Waals surface area contributed by atoms with Gasteiger partial charge in [-0.15, -0.1) is 5.10 Å². The van der Waals surface area contributed by atoms with Crippen LogP contribution in [-0.4, -0.2) is 28.0 Å². The maximum atomic E-state index is 14.5. The minimum Gasteiger partial charge on any atom is -0.228 e. The van der Waals surface area contributed by atoms with Gasteiger partial charge in [-0.25, -0.2) is 22.1 Å². The fourth-order valence-electron chi connectivity index (χ4n) is 3.06. The lowest BCUT2D eigenvalue weighted by molar-refractivity contribution is 0.583. The number of aryl methyl sites for hydroxylation is 2. The molecular formula is C20H16Cl2FN5O2S. The highest BCUT2D eigenvalue weighted by molar-refractivity contribution is 7.92. The molecule has 0 unspecified atom stereocenters. The Bertz CT molecular complexity index is 1370. The molecule has 0 aliphatic heterocycles. The molecule has 4 aromatic rings. The highest BCUT2D eigenvalue weighted by Crippen LogP contribution is 2.28. The molecule has 4 rings (SSSR count). The Labute approximate surface area is 188 Å². The molecule has 0 saturated heterocycles. The van der Waals surface area contributed by atoms with Gasteiger partial charge in [0.05, 0.1) is 27.9 Å². The van der Waals surface area contributed by atoms with Gasteiger partial charge in [0.25, 0.3) is 21.7 Å². The molecule has 0 spiro atoms. The lowest BCUT2D eigenvalue weighted by atomic mass is 10.2. The largest absolute Gasteiger partial charge is 0.267 e. The summed E-state index contributed by atoms with van der Waals surface area (Å²) >= 11 is 12.4. The van der Waals surface area contributed by atoms with Gasteiger partial charge in [0, 0.05) is 10.6 Å². The summed E-state index contributed by atoms with van der Waals surface area (Å²) in [5.41, 5.74) is 1.07. The Morgan fingerprint density at radius 1 is 1.03 bits per heavy atom. The Morgan fingerprint density at radius 2 is 1.74 bits per heavy atom. The molecule has 0 saturated carbocycles. The molecule has 0 N–H and O–H groups in total. The number of rotatable bonds is 5. The molecule has 0 radical (unpaired) electrons. The van der Waals surface area contributed by atoms with E-state index in [-0.39, 0.29) is 27.2 Å². The van der Waals surface area contributed by atoms with Gasteiger partial charge in [-0.3, -0.25) is 0 Å². The fourth-order valence-corrected chi connectivity index (χ4v) is 4.75. The van der Waals surface area contributed by atoms with Crippen molar-refractivity contribution in [2.75, 3.05) is 4.31 Å². The second kappa shape index (κ2) is 8.07. The molecule has 0 aliphatic carbocycles. The number of halogens is 3. The number of anilines is 1. The Kier molecular flexibility index (Phi) is 5.59. The minimum absolute atomic E-state index is 0.000196. The third-order valence-electron chi connectivity index (χ3n) is 4.72. The van der Waals surface area contributed by atoms with E-state index in [4.69, 9.17) is 23.2 Å². The van der Waals surface area contributed by atoms with E-state index in [0.717, 1.165) is 4.31 Å². The highest BCUT2D eigenvalue weighted by atomic mass is 35.5. The number of benzene rings is 2. The first-order chi connectivity index (χ1) is 14.7. The van der Waals surface area contributed by atoms with E-state index in [9.17, 15) is 12.8 Å². The number of sulfonamides is 1. The average molecular weight is 480 g/mol. The topological polar surface area (TPSA) is 80.5 Å². The van der Waals surface area contributed by atoms with Crippen LogP contribution in [0.1, 0.15) is 17.0 Å². The van der Waals surface area contributed by atoms with E-state index < -0.39 is 22.4 Å². The SMILES string of the molecule is Cc1nc2nc(N(Cc3c(F)cccc3Cl)S(=O)(=O)c3ccccc3)nn2c(C)c1Cl. The monoisotopic (exact) mass is 479 g/mol. The summed E-state index contributed by atoms with van der Waals surface area (Å²) in [5, 5.41) is 4.78. The van der Waals surface area contributed by atoms with Crippen molar-refractivity contribution in [3.63, 3.8) is 0 Å². The molecule has 2 aromatic carbocycles. The van der Waals surface area contributed by atoms with Crippen molar-refractivity contribution < 1.29 is 12.8 Å². The summed E-state index contributed by atoms with van der Waals surface area (Å²) in [6.45, 7) is 3.01. The van der Waals surface area contributed by atoms with Crippen molar-refractivity contribution in [2.24, 2.45) is 0 Å². The van der Waals surface area contributed by atoms with Crippen LogP contribution in [0.25, 0.3) is 5.78 Å². The van der Waals surface area contributed by atoms with Crippen molar-refractivity contribution in [2.45, 2.75) is 25.3 Å². The van der Waals surface area contributed by atoms with Crippen LogP contribution in [0.15, 0.2) is 53.4 Å². The Hall–Kier alpha value is -2.75. The molecule has 2 heterocycles. The highest BCUT2D eigenvalue weighted by Gasteiger charge is 2.30. The smallest absolute Gasteiger partial charge is 0.228 e. The molecular weight excluding hydrogens is 464 g/mol. The van der Waals surface area contributed by atoms with Crippen molar-refractivity contribution in [1.82, 2.24) is 19.6 Å². The summed E-state index contributed by atoms with van der Waals surface area (Å²) in [4.78, 5) is 8.56. The summed E-state index contributed by atoms with van der Waals surface area (Å²) < 4.78 is 43.7. The van der Waals surface area contributed by atoms with Gasteiger partial charge in [0.15, 0.2) is 0 Å². The first-order valence-electron chi connectivity index (χ1n) is 9.10. The second-order valence-electron chi connectivity index (χ2n) is 6.75. The summed E-state index contributed by atoms with van der Waals surface area (Å²) in [6.07, 6.45) is 0. The van der Waals surface area contributed by atoms with E-state index >= 15 is 0 Å². The summed E-state index contributed by atoms with van der Waals surface area (Å²) in [7, 11) is -4.16. The van der Waals surface area contributed by atoms with Gasteiger partial charge >= 0.3 is 0 Å². The van der Waals surface area contributed by atoms with Crippen molar-refractivity contribution in [3.05, 3.63) is 81.3 Å². The Balaban J connectivity index is 1.93. The average Bonchev–Trinajstić information content (AvgIpc) is 3.16. The zero-order valence-electron chi connectivity index (χ0n) is 16.4.